The Labute approximate surface area is 104 Å². The SMILES string of the molecule is O=C1Nc2cnc3ccccc3c2NC12CCC2. The third-order valence-corrected chi connectivity index (χ3v) is 4.03. The molecule has 1 saturated carbocycles. The van der Waals surface area contributed by atoms with Gasteiger partial charge in [-0.1, -0.05) is 18.2 Å². The van der Waals surface area contributed by atoms with Crippen LogP contribution in [-0.4, -0.2) is 16.4 Å². The molecule has 2 N–H and O–H groups in total. The van der Waals surface area contributed by atoms with Crippen molar-refractivity contribution in [2.24, 2.45) is 0 Å². The van der Waals surface area contributed by atoms with E-state index in [0.29, 0.717) is 0 Å². The average Bonchev–Trinajstić information content (AvgIpc) is 2.36. The van der Waals surface area contributed by atoms with Crippen molar-refractivity contribution in [3.63, 3.8) is 0 Å². The lowest BCUT2D eigenvalue weighted by Crippen LogP contribution is -2.57. The van der Waals surface area contributed by atoms with Gasteiger partial charge in [0.15, 0.2) is 0 Å². The number of aromatic nitrogens is 1. The predicted octanol–water partition coefficient (Wildman–Crippen LogP) is 2.52. The topological polar surface area (TPSA) is 54.0 Å². The smallest absolute Gasteiger partial charge is 0.250 e. The van der Waals surface area contributed by atoms with Crippen LogP contribution in [0.4, 0.5) is 11.4 Å². The number of hydrogen-bond acceptors (Lipinski definition) is 3. The van der Waals surface area contributed by atoms with Crippen LogP contribution in [0.5, 0.6) is 0 Å². The highest BCUT2D eigenvalue weighted by Crippen LogP contribution is 2.43. The van der Waals surface area contributed by atoms with E-state index >= 15 is 0 Å². The van der Waals surface area contributed by atoms with Gasteiger partial charge in [-0.3, -0.25) is 9.78 Å². The fourth-order valence-corrected chi connectivity index (χ4v) is 2.79. The molecule has 0 radical (unpaired) electrons. The molecule has 2 heterocycles. The molecule has 1 aromatic heterocycles. The molecule has 0 saturated heterocycles. The van der Waals surface area contributed by atoms with E-state index in [1.165, 1.54) is 0 Å². The van der Waals surface area contributed by atoms with Crippen molar-refractivity contribution in [2.45, 2.75) is 24.8 Å². The summed E-state index contributed by atoms with van der Waals surface area (Å²) in [6.45, 7) is 0. The number of pyridine rings is 1. The highest BCUT2D eigenvalue weighted by atomic mass is 16.2. The number of benzene rings is 1. The number of nitrogens with one attached hydrogen (secondary N) is 2. The second-order valence-electron chi connectivity index (χ2n) is 5.08. The molecule has 18 heavy (non-hydrogen) atoms. The van der Waals surface area contributed by atoms with Gasteiger partial charge in [-0.05, 0) is 25.3 Å². The monoisotopic (exact) mass is 239 g/mol. The van der Waals surface area contributed by atoms with E-state index < -0.39 is 0 Å². The van der Waals surface area contributed by atoms with Crippen molar-refractivity contribution in [3.8, 4) is 0 Å². The zero-order valence-electron chi connectivity index (χ0n) is 9.86. The summed E-state index contributed by atoms with van der Waals surface area (Å²) >= 11 is 0. The van der Waals surface area contributed by atoms with Crippen LogP contribution in [0, 0.1) is 0 Å². The maximum absolute atomic E-state index is 12.1. The molecule has 1 aromatic carbocycles. The van der Waals surface area contributed by atoms with Crippen LogP contribution in [0.3, 0.4) is 0 Å². The maximum atomic E-state index is 12.1. The van der Waals surface area contributed by atoms with Crippen molar-refractivity contribution in [1.29, 1.82) is 0 Å². The molecule has 0 bridgehead atoms. The molecule has 1 amide bonds. The van der Waals surface area contributed by atoms with E-state index in [2.05, 4.69) is 15.6 Å². The molecule has 2 aliphatic rings. The highest BCUT2D eigenvalue weighted by Gasteiger charge is 2.47. The van der Waals surface area contributed by atoms with Crippen molar-refractivity contribution in [2.75, 3.05) is 10.6 Å². The molecule has 90 valence electrons. The summed E-state index contributed by atoms with van der Waals surface area (Å²) in [5, 5.41) is 7.50. The van der Waals surface area contributed by atoms with Crippen LogP contribution in [0.25, 0.3) is 10.9 Å². The second kappa shape index (κ2) is 3.22. The highest BCUT2D eigenvalue weighted by molar-refractivity contribution is 6.11. The fourth-order valence-electron chi connectivity index (χ4n) is 2.79. The molecule has 0 unspecified atom stereocenters. The summed E-state index contributed by atoms with van der Waals surface area (Å²) < 4.78 is 0. The third-order valence-electron chi connectivity index (χ3n) is 4.03. The number of rotatable bonds is 0. The van der Waals surface area contributed by atoms with Crippen LogP contribution in [0.15, 0.2) is 30.5 Å². The van der Waals surface area contributed by atoms with Crippen molar-refractivity contribution in [1.82, 2.24) is 4.98 Å². The van der Waals surface area contributed by atoms with E-state index in [1.807, 2.05) is 24.3 Å². The standard InChI is InChI=1S/C14H13N3O/c18-13-14(6-3-7-14)17-12-9-4-1-2-5-10(9)15-8-11(12)16-13/h1-2,4-5,8,17H,3,6-7H2,(H,16,18). The van der Waals surface area contributed by atoms with Gasteiger partial charge in [0.05, 0.1) is 23.1 Å². The minimum atomic E-state index is -0.378. The summed E-state index contributed by atoms with van der Waals surface area (Å²) in [5.74, 6) is 0.0818. The van der Waals surface area contributed by atoms with Crippen molar-refractivity contribution < 1.29 is 4.79 Å². The van der Waals surface area contributed by atoms with Crippen LogP contribution >= 0.6 is 0 Å². The van der Waals surface area contributed by atoms with Gasteiger partial charge >= 0.3 is 0 Å². The summed E-state index contributed by atoms with van der Waals surface area (Å²) in [5.41, 5.74) is 2.38. The van der Waals surface area contributed by atoms with E-state index in [9.17, 15) is 4.79 Å². The summed E-state index contributed by atoms with van der Waals surface area (Å²) in [6.07, 6.45) is 4.66. The molecule has 1 spiro atoms. The van der Waals surface area contributed by atoms with E-state index in [4.69, 9.17) is 0 Å². The normalized spacial score (nSPS) is 19.9. The number of fused-ring (bicyclic) bond motifs is 3. The number of carbonyl (C=O) groups excluding carboxylic acids is 1. The van der Waals surface area contributed by atoms with Crippen molar-refractivity contribution in [3.05, 3.63) is 30.5 Å². The lowest BCUT2D eigenvalue weighted by atomic mass is 9.74. The Morgan fingerprint density at radius 1 is 1.22 bits per heavy atom. The zero-order chi connectivity index (χ0) is 12.2. The predicted molar refractivity (Wildman–Crippen MR) is 70.6 cm³/mol. The Morgan fingerprint density at radius 3 is 2.83 bits per heavy atom. The largest absolute Gasteiger partial charge is 0.369 e. The first-order chi connectivity index (χ1) is 8.78. The minimum Gasteiger partial charge on any atom is -0.369 e. The zero-order valence-corrected chi connectivity index (χ0v) is 9.86. The Morgan fingerprint density at radius 2 is 2.06 bits per heavy atom. The fraction of sp³-hybridized carbons (Fsp3) is 0.286. The Hall–Kier alpha value is -2.10. The Kier molecular flexibility index (Phi) is 1.77. The van der Waals surface area contributed by atoms with E-state index in [-0.39, 0.29) is 11.4 Å². The summed E-state index contributed by atoms with van der Waals surface area (Å²) in [6, 6.07) is 8.00. The van der Waals surface area contributed by atoms with E-state index in [0.717, 1.165) is 41.5 Å². The molecule has 2 aromatic rings. The number of anilines is 2. The van der Waals surface area contributed by atoms with Crippen LogP contribution in [0.2, 0.25) is 0 Å². The van der Waals surface area contributed by atoms with E-state index in [1.54, 1.807) is 6.20 Å². The Balaban J connectivity index is 1.94. The molecule has 4 rings (SSSR count). The number of para-hydroxylation sites is 1. The number of amides is 1. The lowest BCUT2D eigenvalue weighted by Gasteiger charge is -2.45. The molecular weight excluding hydrogens is 226 g/mol. The Bertz CT molecular complexity index is 661. The molecule has 4 nitrogen and oxygen atoms in total. The van der Waals surface area contributed by atoms with Gasteiger partial charge in [-0.15, -0.1) is 0 Å². The molecule has 1 aliphatic heterocycles. The summed E-state index contributed by atoms with van der Waals surface area (Å²) in [4.78, 5) is 16.5. The quantitative estimate of drug-likeness (QED) is 0.742. The number of nitrogens with zero attached hydrogens (tertiary/aromatic N) is 1. The van der Waals surface area contributed by atoms with Gasteiger partial charge in [0, 0.05) is 5.39 Å². The first-order valence-corrected chi connectivity index (χ1v) is 6.26. The molecule has 0 atom stereocenters. The molecular formula is C14H13N3O. The van der Waals surface area contributed by atoms with Gasteiger partial charge in [0.1, 0.15) is 5.54 Å². The van der Waals surface area contributed by atoms with Gasteiger partial charge in [-0.25, -0.2) is 0 Å². The number of carbonyl (C=O) groups is 1. The average molecular weight is 239 g/mol. The molecule has 4 heteroatoms. The first kappa shape index (κ1) is 9.88. The summed E-state index contributed by atoms with van der Waals surface area (Å²) in [7, 11) is 0. The van der Waals surface area contributed by atoms with Crippen molar-refractivity contribution >= 4 is 28.2 Å². The number of hydrogen-bond donors (Lipinski definition) is 2. The molecule has 1 fully saturated rings. The third kappa shape index (κ3) is 1.15. The van der Waals surface area contributed by atoms with Gasteiger partial charge in [-0.2, -0.15) is 0 Å². The van der Waals surface area contributed by atoms with Crippen LogP contribution in [-0.2, 0) is 4.79 Å². The maximum Gasteiger partial charge on any atom is 0.250 e. The second-order valence-corrected chi connectivity index (χ2v) is 5.08. The van der Waals surface area contributed by atoms with Gasteiger partial charge in [0.25, 0.3) is 0 Å². The van der Waals surface area contributed by atoms with Gasteiger partial charge in [0.2, 0.25) is 5.91 Å². The van der Waals surface area contributed by atoms with Crippen LogP contribution < -0.4 is 10.6 Å². The molecule has 1 aliphatic carbocycles. The lowest BCUT2D eigenvalue weighted by molar-refractivity contribution is -0.123. The van der Waals surface area contributed by atoms with Crippen LogP contribution in [0.1, 0.15) is 19.3 Å². The first-order valence-electron chi connectivity index (χ1n) is 6.26. The van der Waals surface area contributed by atoms with Gasteiger partial charge < -0.3 is 10.6 Å². The minimum absolute atomic E-state index is 0.0818.